The number of rotatable bonds is 3. The first-order valence-electron chi connectivity index (χ1n) is 15.4. The summed E-state index contributed by atoms with van der Waals surface area (Å²) in [6.45, 7) is 0. The minimum absolute atomic E-state index is 0.0695. The van der Waals surface area contributed by atoms with Crippen LogP contribution in [0.25, 0.3) is 44.3 Å². The molecule has 2 aromatic carbocycles. The molecule has 0 atom stereocenters. The normalized spacial score (nSPS) is 12.2. The largest absolute Gasteiger partial charge is 0.573 e. The Hall–Kier alpha value is -7.12. The summed E-state index contributed by atoms with van der Waals surface area (Å²) in [4.78, 5) is 53.0. The van der Waals surface area contributed by atoms with Gasteiger partial charge in [-0.2, -0.15) is 0 Å². The lowest BCUT2D eigenvalue weighted by Gasteiger charge is -2.09. The Morgan fingerprint density at radius 3 is 2.07 bits per heavy atom. The molecule has 7 aromatic rings. The smallest absolute Gasteiger partial charge is 0.406 e. The molecule has 0 unspecified atom stereocenters. The van der Waals surface area contributed by atoms with Crippen molar-refractivity contribution in [3.63, 3.8) is 0 Å². The van der Waals surface area contributed by atoms with Crippen molar-refractivity contribution < 1.29 is 40.6 Å². The van der Waals surface area contributed by atoms with Gasteiger partial charge in [0.05, 0.1) is 27.5 Å². The molecule has 0 fully saturated rings. The number of aromatic nitrogens is 6. The van der Waals surface area contributed by atoms with E-state index in [1.807, 2.05) is 5.43 Å². The first-order valence-corrected chi connectivity index (χ1v) is 16.2. The van der Waals surface area contributed by atoms with Gasteiger partial charge in [0, 0.05) is 17.8 Å². The predicted molar refractivity (Wildman–Crippen MR) is 198 cm³/mol. The van der Waals surface area contributed by atoms with Crippen LogP contribution in [0.3, 0.4) is 0 Å². The number of hydrogen-bond donors (Lipinski definition) is 5. The van der Waals surface area contributed by atoms with Crippen molar-refractivity contribution in [1.29, 1.82) is 0 Å². The Bertz CT molecular complexity index is 2930. The van der Waals surface area contributed by atoms with E-state index in [4.69, 9.17) is 11.5 Å². The van der Waals surface area contributed by atoms with Crippen LogP contribution in [0, 0.1) is 0 Å². The monoisotopic (exact) mass is 830 g/mol. The average molecular weight is 831 g/mol. The van der Waals surface area contributed by atoms with Crippen molar-refractivity contribution in [2.45, 2.75) is 12.7 Å². The van der Waals surface area contributed by atoms with Crippen LogP contribution in [0.1, 0.15) is 16.2 Å². The number of benzene rings is 2. The zero-order chi connectivity index (χ0) is 41.4. The van der Waals surface area contributed by atoms with E-state index in [9.17, 15) is 40.7 Å². The Balaban J connectivity index is 0.000000174. The zero-order valence-electron chi connectivity index (χ0n) is 27.9. The number of nitrogens with two attached hydrogens (primary N) is 3. The predicted octanol–water partition coefficient (Wildman–Crippen LogP) is 4.47. The van der Waals surface area contributed by atoms with E-state index in [0.717, 1.165) is 28.8 Å². The zero-order valence-corrected chi connectivity index (χ0v) is 29.5. The molecule has 57 heavy (non-hydrogen) atoms. The van der Waals surface area contributed by atoms with Crippen molar-refractivity contribution >= 4 is 84.7 Å². The number of halogens is 6. The van der Waals surface area contributed by atoms with Crippen LogP contribution in [0.4, 0.5) is 32.0 Å². The molecule has 0 aliphatic carbocycles. The number of hydrazine groups is 1. The summed E-state index contributed by atoms with van der Waals surface area (Å²) in [5.74, 6) is 2.78. The number of aromatic amines is 1. The Kier molecular flexibility index (Phi) is 10.5. The van der Waals surface area contributed by atoms with Gasteiger partial charge in [0.25, 0.3) is 11.1 Å². The average Bonchev–Trinajstić information content (AvgIpc) is 3.60. The summed E-state index contributed by atoms with van der Waals surface area (Å²) in [7, 11) is 0. The van der Waals surface area contributed by atoms with Gasteiger partial charge >= 0.3 is 12.7 Å². The van der Waals surface area contributed by atoms with Gasteiger partial charge in [0.2, 0.25) is 10.9 Å². The molecule has 292 valence electrons. The molecule has 0 amide bonds. The summed E-state index contributed by atoms with van der Waals surface area (Å²) in [5.41, 5.74) is 12.2. The molecule has 8 N–H and O–H groups in total. The molecule has 5 aromatic heterocycles. The van der Waals surface area contributed by atoms with Gasteiger partial charge in [0.1, 0.15) is 28.5 Å². The van der Waals surface area contributed by atoms with E-state index in [0.29, 0.717) is 10.9 Å². The van der Waals surface area contributed by atoms with E-state index >= 15 is 0 Å². The van der Waals surface area contributed by atoms with Crippen LogP contribution < -0.4 is 43.3 Å². The fourth-order valence-corrected chi connectivity index (χ4v) is 5.53. The van der Waals surface area contributed by atoms with Crippen molar-refractivity contribution in [2.24, 2.45) is 27.5 Å². The lowest BCUT2D eigenvalue weighted by atomic mass is 10.1. The molecule has 0 spiro atoms. The number of alkyl halides is 6. The van der Waals surface area contributed by atoms with E-state index in [2.05, 4.69) is 69.9 Å². The molecular formula is C32H20F6N12O5S2. The Morgan fingerprint density at radius 2 is 1.44 bits per heavy atom. The maximum Gasteiger partial charge on any atom is 0.573 e. The van der Waals surface area contributed by atoms with Crippen LogP contribution >= 0.6 is 24.4 Å². The first kappa shape index (κ1) is 39.6. The molecule has 0 radical (unpaired) electrons. The van der Waals surface area contributed by atoms with Crippen molar-refractivity contribution in [1.82, 2.24) is 34.3 Å². The minimum atomic E-state index is -4.88. The molecule has 0 saturated heterocycles. The SMILES string of the molecule is NC(=S)N=Nc1c2cc(OC(F)(F)F)ccc2n2c(=O)c3cccnc3[nH]c12.NNC(N)=S.O=C1c2cc(OC(F)(F)F)ccc2-n2c1nc1ncccc1c2=O. The Morgan fingerprint density at radius 1 is 0.825 bits per heavy atom. The molecule has 8 rings (SSSR count). The number of ketones is 1. The van der Waals surface area contributed by atoms with Gasteiger partial charge < -0.3 is 31.4 Å². The summed E-state index contributed by atoms with van der Waals surface area (Å²) >= 11 is 8.91. The number of fused-ring (bicyclic) bond motifs is 8. The minimum Gasteiger partial charge on any atom is -0.406 e. The second-order valence-electron chi connectivity index (χ2n) is 11.1. The van der Waals surface area contributed by atoms with E-state index in [-0.39, 0.29) is 60.7 Å². The quantitative estimate of drug-likeness (QED) is 0.0542. The van der Waals surface area contributed by atoms with Gasteiger partial charge in [-0.25, -0.2) is 20.8 Å². The molecule has 6 heterocycles. The first-order chi connectivity index (χ1) is 26.9. The molecular weight excluding hydrogens is 811 g/mol. The highest BCUT2D eigenvalue weighted by Gasteiger charge is 2.35. The van der Waals surface area contributed by atoms with Crippen LogP contribution in [0.15, 0.2) is 92.9 Å². The highest BCUT2D eigenvalue weighted by Crippen LogP contribution is 2.37. The van der Waals surface area contributed by atoms with Gasteiger partial charge in [-0.1, -0.05) is 0 Å². The number of thiocarbonyl (C=S) groups is 2. The molecule has 25 heteroatoms. The highest BCUT2D eigenvalue weighted by atomic mass is 32.1. The van der Waals surface area contributed by atoms with Crippen molar-refractivity contribution in [2.75, 3.05) is 0 Å². The molecule has 0 bridgehead atoms. The van der Waals surface area contributed by atoms with E-state index in [1.165, 1.54) is 35.0 Å². The summed E-state index contributed by atoms with van der Waals surface area (Å²) in [6, 6.07) is 13.0. The van der Waals surface area contributed by atoms with Crippen molar-refractivity contribution in [3.8, 4) is 17.2 Å². The molecule has 0 saturated carbocycles. The van der Waals surface area contributed by atoms with Crippen LogP contribution in [-0.2, 0) is 0 Å². The summed E-state index contributed by atoms with van der Waals surface area (Å²) in [6.07, 6.45) is -6.84. The topological polar surface area (TPSA) is 248 Å². The second kappa shape index (κ2) is 15.2. The fourth-order valence-electron chi connectivity index (χ4n) is 5.49. The number of nitrogens with one attached hydrogen (secondary N) is 2. The third-order valence-electron chi connectivity index (χ3n) is 7.55. The third-order valence-corrected chi connectivity index (χ3v) is 7.75. The van der Waals surface area contributed by atoms with Gasteiger partial charge in [-0.3, -0.25) is 23.4 Å². The van der Waals surface area contributed by atoms with Crippen LogP contribution in [0.2, 0.25) is 0 Å². The van der Waals surface area contributed by atoms with Gasteiger partial charge in [-0.15, -0.1) is 36.6 Å². The molecule has 1 aliphatic heterocycles. The maximum absolute atomic E-state index is 12.9. The van der Waals surface area contributed by atoms with Crippen LogP contribution in [-0.4, -0.2) is 57.6 Å². The number of carbonyl (C=O) groups is 1. The van der Waals surface area contributed by atoms with Gasteiger partial charge in [0.15, 0.2) is 16.6 Å². The van der Waals surface area contributed by atoms with Gasteiger partial charge in [-0.05, 0) is 85.1 Å². The number of azo groups is 1. The van der Waals surface area contributed by atoms with E-state index < -0.39 is 41.1 Å². The summed E-state index contributed by atoms with van der Waals surface area (Å²) < 4.78 is 84.8. The van der Waals surface area contributed by atoms with Crippen LogP contribution in [0.5, 0.6) is 11.5 Å². The lowest BCUT2D eigenvalue weighted by molar-refractivity contribution is -0.275. The fraction of sp³-hybridized carbons (Fsp3) is 0.0625. The molecule has 17 nitrogen and oxygen atoms in total. The summed E-state index contributed by atoms with van der Waals surface area (Å²) in [5, 5.41) is 8.03. The molecule has 1 aliphatic rings. The Labute approximate surface area is 321 Å². The van der Waals surface area contributed by atoms with E-state index in [1.54, 1.807) is 18.2 Å². The standard InChI is InChI=1S/C16H9F3N6O2S.C15H6F3N3O3.CH5N3S/c17-16(18,19)27-7-3-4-10-9(6-7)11(23-24-15(20)28)13-22-12-8(2-1-5-21-12)14(26)25(10)13;16-15(17,18)24-7-3-4-10-9(6-7)11(22)13-20-12-8(2-1-5-19-12)14(23)21(10)13;2-1(5)4-3/h1-6H,(H2,20,28)(H,21,22);1-6H;3H2,(H3,2,4,5). The highest BCUT2D eigenvalue weighted by molar-refractivity contribution is 7.80. The van der Waals surface area contributed by atoms with Crippen molar-refractivity contribution in [3.05, 3.63) is 105 Å². The maximum atomic E-state index is 12.9. The number of pyridine rings is 2. The second-order valence-corrected chi connectivity index (χ2v) is 12.0. The number of nitrogens with zero attached hydrogens (tertiary/aromatic N) is 7. The third kappa shape index (κ3) is 8.28. The number of carbonyl (C=O) groups excluding carboxylic acids is 1. The number of H-pyrrole nitrogens is 1. The lowest BCUT2D eigenvalue weighted by Crippen LogP contribution is -2.34. The number of hydrogen-bond acceptors (Lipinski definition) is 12. The number of ether oxygens (including phenoxy) is 2.